The fraction of sp³-hybridized carbons (Fsp3) is 0.312. The minimum Gasteiger partial charge on any atom is -0.381 e. The van der Waals surface area contributed by atoms with Crippen LogP contribution in [0.5, 0.6) is 0 Å². The molecule has 0 amide bonds. The molecule has 18 heavy (non-hydrogen) atoms. The van der Waals surface area contributed by atoms with E-state index in [1.807, 2.05) is 24.5 Å². The van der Waals surface area contributed by atoms with E-state index in [2.05, 4.69) is 55.3 Å². The van der Waals surface area contributed by atoms with Crippen LogP contribution in [0.15, 0.2) is 48.8 Å². The number of aromatic nitrogens is 1. The number of anilines is 1. The molecule has 0 unspecified atom stereocenters. The van der Waals surface area contributed by atoms with Crippen LogP contribution in [0, 0.1) is 0 Å². The Morgan fingerprint density at radius 1 is 1.00 bits per heavy atom. The third-order valence-electron chi connectivity index (χ3n) is 2.97. The van der Waals surface area contributed by atoms with E-state index in [1.54, 1.807) is 0 Å². The van der Waals surface area contributed by atoms with E-state index in [0.29, 0.717) is 0 Å². The molecular weight excluding hydrogens is 220 g/mol. The summed E-state index contributed by atoms with van der Waals surface area (Å²) >= 11 is 0. The van der Waals surface area contributed by atoms with E-state index in [9.17, 15) is 0 Å². The lowest BCUT2D eigenvalue weighted by Crippen LogP contribution is -2.14. The topological polar surface area (TPSA) is 24.9 Å². The Morgan fingerprint density at radius 3 is 2.33 bits per heavy atom. The zero-order valence-electron chi connectivity index (χ0n) is 11.3. The Morgan fingerprint density at radius 2 is 1.67 bits per heavy atom. The molecule has 0 bridgehead atoms. The number of rotatable bonds is 3. The largest absolute Gasteiger partial charge is 0.381 e. The van der Waals surface area contributed by atoms with E-state index in [-0.39, 0.29) is 5.41 Å². The van der Waals surface area contributed by atoms with Gasteiger partial charge in [0.15, 0.2) is 0 Å². The minimum atomic E-state index is 0.155. The Balaban J connectivity index is 2.15. The van der Waals surface area contributed by atoms with Crippen LogP contribution >= 0.6 is 0 Å². The molecule has 94 valence electrons. The van der Waals surface area contributed by atoms with Crippen molar-refractivity contribution in [3.8, 4) is 0 Å². The first-order valence-electron chi connectivity index (χ1n) is 6.29. The number of para-hydroxylation sites is 1. The summed E-state index contributed by atoms with van der Waals surface area (Å²) in [6.45, 7) is 7.54. The predicted octanol–water partition coefficient (Wildman–Crippen LogP) is 3.99. The number of hydrogen-bond acceptors (Lipinski definition) is 2. The molecule has 1 aromatic heterocycles. The van der Waals surface area contributed by atoms with Crippen LogP contribution in [0.4, 0.5) is 5.69 Å². The number of pyridine rings is 1. The second-order valence-corrected chi connectivity index (χ2v) is 5.50. The third-order valence-corrected chi connectivity index (χ3v) is 2.97. The Labute approximate surface area is 109 Å². The first kappa shape index (κ1) is 12.6. The van der Waals surface area contributed by atoms with E-state index in [0.717, 1.165) is 6.54 Å². The van der Waals surface area contributed by atoms with Gasteiger partial charge in [-0.3, -0.25) is 4.98 Å². The van der Waals surface area contributed by atoms with Crippen molar-refractivity contribution in [1.82, 2.24) is 4.98 Å². The number of nitrogens with zero attached hydrogens (tertiary/aromatic N) is 1. The third kappa shape index (κ3) is 3.10. The molecule has 0 saturated carbocycles. The molecule has 1 N–H and O–H groups in total. The van der Waals surface area contributed by atoms with Gasteiger partial charge in [-0.15, -0.1) is 0 Å². The highest BCUT2D eigenvalue weighted by atomic mass is 14.9. The maximum atomic E-state index is 4.03. The smallest absolute Gasteiger partial charge is 0.0402 e. The van der Waals surface area contributed by atoms with Crippen molar-refractivity contribution in [3.63, 3.8) is 0 Å². The number of benzene rings is 1. The molecule has 0 aliphatic rings. The molecule has 2 nitrogen and oxygen atoms in total. The highest BCUT2D eigenvalue weighted by molar-refractivity contribution is 5.54. The van der Waals surface area contributed by atoms with Gasteiger partial charge in [0.25, 0.3) is 0 Å². The molecule has 0 aliphatic carbocycles. The van der Waals surface area contributed by atoms with Crippen LogP contribution in [-0.4, -0.2) is 4.98 Å². The molecule has 0 fully saturated rings. The molecule has 1 heterocycles. The summed E-state index contributed by atoms with van der Waals surface area (Å²) in [4.78, 5) is 4.03. The lowest BCUT2D eigenvalue weighted by molar-refractivity contribution is 0.591. The second kappa shape index (κ2) is 5.21. The summed E-state index contributed by atoms with van der Waals surface area (Å²) < 4.78 is 0. The summed E-state index contributed by atoms with van der Waals surface area (Å²) in [6.07, 6.45) is 3.65. The van der Waals surface area contributed by atoms with Crippen molar-refractivity contribution in [2.45, 2.75) is 32.7 Å². The maximum absolute atomic E-state index is 4.03. The van der Waals surface area contributed by atoms with E-state index in [1.165, 1.54) is 16.8 Å². The average Bonchev–Trinajstić information content (AvgIpc) is 2.37. The van der Waals surface area contributed by atoms with Gasteiger partial charge in [0.2, 0.25) is 0 Å². The fourth-order valence-corrected chi connectivity index (χ4v) is 1.99. The van der Waals surface area contributed by atoms with Gasteiger partial charge in [-0.2, -0.15) is 0 Å². The summed E-state index contributed by atoms with van der Waals surface area (Å²) in [5, 5.41) is 3.51. The molecule has 2 aromatic rings. The predicted molar refractivity (Wildman–Crippen MR) is 76.7 cm³/mol. The van der Waals surface area contributed by atoms with Crippen LogP contribution in [0.25, 0.3) is 0 Å². The number of nitrogens with one attached hydrogen (secondary N) is 1. The van der Waals surface area contributed by atoms with Gasteiger partial charge < -0.3 is 5.32 Å². The standard InChI is InChI=1S/C16H20N2/c1-16(2,3)14-6-4-5-7-15(14)18-12-13-8-10-17-11-9-13/h4-11,18H,12H2,1-3H3. The SMILES string of the molecule is CC(C)(C)c1ccccc1NCc1ccncc1. The van der Waals surface area contributed by atoms with Gasteiger partial charge in [-0.05, 0) is 34.7 Å². The Kier molecular flexibility index (Phi) is 3.66. The molecule has 0 atom stereocenters. The zero-order chi connectivity index (χ0) is 13.0. The van der Waals surface area contributed by atoms with E-state index in [4.69, 9.17) is 0 Å². The monoisotopic (exact) mass is 240 g/mol. The van der Waals surface area contributed by atoms with Gasteiger partial charge in [0, 0.05) is 24.6 Å². The highest BCUT2D eigenvalue weighted by Gasteiger charge is 2.16. The van der Waals surface area contributed by atoms with E-state index >= 15 is 0 Å². The molecule has 0 radical (unpaired) electrons. The Hall–Kier alpha value is -1.83. The lowest BCUT2D eigenvalue weighted by Gasteiger charge is -2.23. The van der Waals surface area contributed by atoms with Gasteiger partial charge >= 0.3 is 0 Å². The van der Waals surface area contributed by atoms with Gasteiger partial charge in [-0.25, -0.2) is 0 Å². The minimum absolute atomic E-state index is 0.155. The van der Waals surface area contributed by atoms with Gasteiger partial charge in [0.1, 0.15) is 0 Å². The van der Waals surface area contributed by atoms with Gasteiger partial charge in [0.05, 0.1) is 0 Å². The van der Waals surface area contributed by atoms with E-state index < -0.39 is 0 Å². The van der Waals surface area contributed by atoms with Crippen LogP contribution in [0.3, 0.4) is 0 Å². The van der Waals surface area contributed by atoms with Crippen molar-refractivity contribution >= 4 is 5.69 Å². The average molecular weight is 240 g/mol. The van der Waals surface area contributed by atoms with Crippen LogP contribution in [-0.2, 0) is 12.0 Å². The fourth-order valence-electron chi connectivity index (χ4n) is 1.99. The van der Waals surface area contributed by atoms with Crippen molar-refractivity contribution in [2.24, 2.45) is 0 Å². The quantitative estimate of drug-likeness (QED) is 0.877. The zero-order valence-corrected chi connectivity index (χ0v) is 11.3. The lowest BCUT2D eigenvalue weighted by atomic mass is 9.86. The summed E-state index contributed by atoms with van der Waals surface area (Å²) in [5.41, 5.74) is 3.96. The van der Waals surface area contributed by atoms with Crippen molar-refractivity contribution < 1.29 is 0 Å². The molecule has 0 saturated heterocycles. The summed E-state index contributed by atoms with van der Waals surface area (Å²) in [5.74, 6) is 0. The van der Waals surface area contributed by atoms with Gasteiger partial charge in [-0.1, -0.05) is 39.0 Å². The molecule has 0 spiro atoms. The first-order chi connectivity index (χ1) is 8.57. The van der Waals surface area contributed by atoms with Crippen LogP contribution < -0.4 is 5.32 Å². The van der Waals surface area contributed by atoms with Crippen LogP contribution in [0.1, 0.15) is 31.9 Å². The first-order valence-corrected chi connectivity index (χ1v) is 6.29. The molecular formula is C16H20N2. The van der Waals surface area contributed by atoms with Crippen molar-refractivity contribution in [3.05, 3.63) is 59.9 Å². The normalized spacial score (nSPS) is 11.3. The van der Waals surface area contributed by atoms with Crippen LogP contribution in [0.2, 0.25) is 0 Å². The highest BCUT2D eigenvalue weighted by Crippen LogP contribution is 2.29. The Bertz CT molecular complexity index is 498. The summed E-state index contributed by atoms with van der Waals surface area (Å²) in [6, 6.07) is 12.6. The van der Waals surface area contributed by atoms with Crippen molar-refractivity contribution in [1.29, 1.82) is 0 Å². The maximum Gasteiger partial charge on any atom is 0.0402 e. The molecule has 2 heteroatoms. The molecule has 1 aromatic carbocycles. The molecule has 0 aliphatic heterocycles. The van der Waals surface area contributed by atoms with Crippen molar-refractivity contribution in [2.75, 3.05) is 5.32 Å². The summed E-state index contributed by atoms with van der Waals surface area (Å²) in [7, 11) is 0. The molecule has 2 rings (SSSR count). The second-order valence-electron chi connectivity index (χ2n) is 5.50. The number of hydrogen-bond donors (Lipinski definition) is 1.